The number of carbonyl (C=O) groups is 4. The highest BCUT2D eigenvalue weighted by atomic mass is 32.1. The van der Waals surface area contributed by atoms with Crippen LogP contribution in [0.5, 0.6) is 0 Å². The first-order chi connectivity index (χ1) is 8.73. The van der Waals surface area contributed by atoms with Crippen molar-refractivity contribution < 1.29 is 34.5 Å². The highest BCUT2D eigenvalue weighted by Gasteiger charge is 2.21. The van der Waals surface area contributed by atoms with Gasteiger partial charge in [-0.15, -0.1) is 0 Å². The van der Waals surface area contributed by atoms with E-state index < -0.39 is 42.3 Å². The van der Waals surface area contributed by atoms with Crippen LogP contribution in [-0.4, -0.2) is 51.2 Å². The fraction of sp³-hybridized carbons (Fsp3) is 0.600. The van der Waals surface area contributed by atoms with E-state index in [2.05, 4.69) is 5.32 Å². The van der Waals surface area contributed by atoms with Gasteiger partial charge in [0.1, 0.15) is 12.1 Å². The first kappa shape index (κ1) is 24.6. The van der Waals surface area contributed by atoms with Crippen molar-refractivity contribution in [3.8, 4) is 0 Å². The van der Waals surface area contributed by atoms with Gasteiger partial charge in [0.2, 0.25) is 5.91 Å². The third-order valence-corrected chi connectivity index (χ3v) is 2.28. The number of rotatable bonds is 9. The SMILES string of the molecule is N[C@@H](CCC(=O)N[C@@H](CCC(=O)O)C(=O)O)C(=O)O.S.S. The molecule has 6 N–H and O–H groups in total. The van der Waals surface area contributed by atoms with Crippen molar-refractivity contribution in [1.29, 1.82) is 0 Å². The lowest BCUT2D eigenvalue weighted by Crippen LogP contribution is -2.42. The van der Waals surface area contributed by atoms with E-state index in [0.717, 1.165) is 0 Å². The quantitative estimate of drug-likeness (QED) is 0.349. The summed E-state index contributed by atoms with van der Waals surface area (Å²) in [5.74, 6) is -4.46. The van der Waals surface area contributed by atoms with Crippen LogP contribution in [0.2, 0.25) is 0 Å². The Labute approximate surface area is 134 Å². The normalized spacial score (nSPS) is 12.0. The standard InChI is InChI=1S/C10H16N2O7.2H2S/c11-5(9(16)17)1-3-7(13)12-6(10(18)19)2-4-8(14)15;;/h5-6H,1-4,11H2,(H,12,13)(H,14,15)(H,16,17)(H,18,19);2*1H2/t5-,6-;;/m0../s1. The predicted octanol–water partition coefficient (Wildman–Crippen LogP) is -1.16. The van der Waals surface area contributed by atoms with Gasteiger partial charge in [-0.05, 0) is 12.8 Å². The molecule has 0 aromatic carbocycles. The van der Waals surface area contributed by atoms with Crippen molar-refractivity contribution in [2.24, 2.45) is 5.73 Å². The third kappa shape index (κ3) is 12.0. The maximum absolute atomic E-state index is 11.4. The molecule has 9 nitrogen and oxygen atoms in total. The number of carboxylic acid groups (broad SMARTS) is 3. The van der Waals surface area contributed by atoms with Crippen LogP contribution in [0.1, 0.15) is 25.7 Å². The second kappa shape index (κ2) is 12.3. The van der Waals surface area contributed by atoms with Crippen LogP contribution >= 0.6 is 27.0 Å². The Balaban J connectivity index is -0.00000162. The minimum absolute atomic E-state index is 0. The maximum atomic E-state index is 11.4. The summed E-state index contributed by atoms with van der Waals surface area (Å²) in [6.45, 7) is 0. The zero-order chi connectivity index (χ0) is 15.0. The van der Waals surface area contributed by atoms with E-state index in [9.17, 15) is 19.2 Å². The molecule has 0 rings (SSSR count). The maximum Gasteiger partial charge on any atom is 0.326 e. The van der Waals surface area contributed by atoms with Gasteiger partial charge in [-0.25, -0.2) is 4.79 Å². The summed E-state index contributed by atoms with van der Waals surface area (Å²) in [4.78, 5) is 42.8. The molecule has 1 amide bonds. The number of nitrogens with two attached hydrogens (primary N) is 1. The Hall–Kier alpha value is -1.46. The summed E-state index contributed by atoms with van der Waals surface area (Å²) in [6.07, 6.45) is -1.02. The number of hydrogen-bond donors (Lipinski definition) is 5. The largest absolute Gasteiger partial charge is 0.481 e. The fourth-order valence-corrected chi connectivity index (χ4v) is 1.20. The number of carboxylic acids is 3. The molecule has 0 heterocycles. The van der Waals surface area contributed by atoms with E-state index in [0.29, 0.717) is 0 Å². The molecule has 0 aromatic heterocycles. The minimum Gasteiger partial charge on any atom is -0.481 e. The molecule has 0 saturated carbocycles. The van der Waals surface area contributed by atoms with E-state index in [-0.39, 0.29) is 46.3 Å². The van der Waals surface area contributed by atoms with E-state index in [1.54, 1.807) is 0 Å². The molecule has 0 fully saturated rings. The van der Waals surface area contributed by atoms with E-state index >= 15 is 0 Å². The highest BCUT2D eigenvalue weighted by molar-refractivity contribution is 7.59. The Kier molecular flexibility index (Phi) is 14.4. The molecule has 11 heteroatoms. The van der Waals surface area contributed by atoms with Gasteiger partial charge in [-0.1, -0.05) is 0 Å². The van der Waals surface area contributed by atoms with Crippen molar-refractivity contribution in [2.75, 3.05) is 0 Å². The van der Waals surface area contributed by atoms with Crippen molar-refractivity contribution in [2.45, 2.75) is 37.8 Å². The molecule has 0 aromatic rings. The molecule has 0 bridgehead atoms. The van der Waals surface area contributed by atoms with Gasteiger partial charge in [-0.3, -0.25) is 14.4 Å². The average molecular weight is 344 g/mol. The van der Waals surface area contributed by atoms with Crippen molar-refractivity contribution in [3.05, 3.63) is 0 Å². The van der Waals surface area contributed by atoms with E-state index in [1.165, 1.54) is 0 Å². The first-order valence-electron chi connectivity index (χ1n) is 5.46. The number of amides is 1. The van der Waals surface area contributed by atoms with Crippen LogP contribution in [0.15, 0.2) is 0 Å². The fourth-order valence-electron chi connectivity index (χ4n) is 1.20. The van der Waals surface area contributed by atoms with Gasteiger partial charge in [0.15, 0.2) is 0 Å². The van der Waals surface area contributed by atoms with E-state index in [4.69, 9.17) is 21.1 Å². The molecule has 0 spiro atoms. The Bertz CT molecular complexity index is 378. The smallest absolute Gasteiger partial charge is 0.326 e. The predicted molar refractivity (Wildman–Crippen MR) is 82.0 cm³/mol. The number of hydrogen-bond acceptors (Lipinski definition) is 5. The van der Waals surface area contributed by atoms with Gasteiger partial charge in [0, 0.05) is 12.8 Å². The molecule has 0 aliphatic carbocycles. The molecule has 0 aliphatic heterocycles. The zero-order valence-corrected chi connectivity index (χ0v) is 13.0. The lowest BCUT2D eigenvalue weighted by Gasteiger charge is -2.14. The summed E-state index contributed by atoms with van der Waals surface area (Å²) in [7, 11) is 0. The Morgan fingerprint density at radius 2 is 1.43 bits per heavy atom. The van der Waals surface area contributed by atoms with Crippen LogP contribution in [0, 0.1) is 0 Å². The Morgan fingerprint density at radius 1 is 0.905 bits per heavy atom. The summed E-state index contributed by atoms with van der Waals surface area (Å²) in [6, 6.07) is -2.52. The van der Waals surface area contributed by atoms with Gasteiger partial charge in [0.25, 0.3) is 0 Å². The van der Waals surface area contributed by atoms with E-state index in [1.807, 2.05) is 0 Å². The lowest BCUT2D eigenvalue weighted by atomic mass is 10.1. The van der Waals surface area contributed by atoms with Crippen LogP contribution in [0.25, 0.3) is 0 Å². The highest BCUT2D eigenvalue weighted by Crippen LogP contribution is 2.01. The van der Waals surface area contributed by atoms with Gasteiger partial charge in [-0.2, -0.15) is 27.0 Å². The third-order valence-electron chi connectivity index (χ3n) is 2.28. The summed E-state index contributed by atoms with van der Waals surface area (Å²) in [5, 5.41) is 27.8. The Morgan fingerprint density at radius 3 is 1.81 bits per heavy atom. The first-order valence-corrected chi connectivity index (χ1v) is 5.46. The topological polar surface area (TPSA) is 167 Å². The van der Waals surface area contributed by atoms with Crippen LogP contribution in [-0.2, 0) is 19.2 Å². The summed E-state index contributed by atoms with van der Waals surface area (Å²) >= 11 is 0. The van der Waals surface area contributed by atoms with Gasteiger partial charge >= 0.3 is 17.9 Å². The molecule has 0 aliphatic rings. The number of carbonyl (C=O) groups excluding carboxylic acids is 1. The molecule has 0 radical (unpaired) electrons. The van der Waals surface area contributed by atoms with Gasteiger partial charge < -0.3 is 26.4 Å². The molecule has 0 unspecified atom stereocenters. The monoisotopic (exact) mass is 344 g/mol. The second-order valence-corrected chi connectivity index (χ2v) is 3.87. The minimum atomic E-state index is -1.35. The summed E-state index contributed by atoms with van der Waals surface area (Å²) in [5.41, 5.74) is 5.18. The van der Waals surface area contributed by atoms with Crippen molar-refractivity contribution in [1.82, 2.24) is 5.32 Å². The number of nitrogens with one attached hydrogen (secondary N) is 1. The molecular formula is C10H20N2O7S2. The average Bonchev–Trinajstić information content (AvgIpc) is 2.30. The summed E-state index contributed by atoms with van der Waals surface area (Å²) < 4.78 is 0. The second-order valence-electron chi connectivity index (χ2n) is 3.87. The zero-order valence-electron chi connectivity index (χ0n) is 11.0. The number of aliphatic carboxylic acids is 3. The van der Waals surface area contributed by atoms with Crippen LogP contribution in [0.3, 0.4) is 0 Å². The molecular weight excluding hydrogens is 324 g/mol. The molecule has 0 saturated heterocycles. The van der Waals surface area contributed by atoms with Crippen molar-refractivity contribution >= 4 is 50.8 Å². The molecule has 124 valence electrons. The van der Waals surface area contributed by atoms with Crippen LogP contribution < -0.4 is 11.1 Å². The molecule has 21 heavy (non-hydrogen) atoms. The van der Waals surface area contributed by atoms with Gasteiger partial charge in [0.05, 0.1) is 0 Å². The lowest BCUT2D eigenvalue weighted by molar-refractivity contribution is -0.143. The van der Waals surface area contributed by atoms with Crippen LogP contribution in [0.4, 0.5) is 0 Å². The van der Waals surface area contributed by atoms with Crippen molar-refractivity contribution in [3.63, 3.8) is 0 Å². The molecule has 2 atom stereocenters.